The van der Waals surface area contributed by atoms with Crippen molar-refractivity contribution in [3.8, 4) is 22.3 Å². The van der Waals surface area contributed by atoms with E-state index in [9.17, 15) is 0 Å². The highest BCUT2D eigenvalue weighted by Gasteiger charge is 2.13. The van der Waals surface area contributed by atoms with Crippen LogP contribution in [0.3, 0.4) is 0 Å². The van der Waals surface area contributed by atoms with Crippen LogP contribution in [0.25, 0.3) is 45.4 Å². The molecule has 1 heterocycles. The second-order valence-electron chi connectivity index (χ2n) is 7.36. The number of hydrogen-bond donors (Lipinski definition) is 0. The topological polar surface area (TPSA) is 13.1 Å². The molecule has 0 aliphatic carbocycles. The molecule has 0 saturated heterocycles. The van der Waals surface area contributed by atoms with Gasteiger partial charge in [-0.2, -0.15) is 0 Å². The molecule has 0 aliphatic heterocycles. The van der Waals surface area contributed by atoms with Crippen molar-refractivity contribution in [3.05, 3.63) is 91.2 Å². The Kier molecular flexibility index (Phi) is 4.79. The summed E-state index contributed by atoms with van der Waals surface area (Å²) in [4.78, 5) is 0. The van der Waals surface area contributed by atoms with E-state index in [0.29, 0.717) is 6.71 Å². The van der Waals surface area contributed by atoms with Crippen molar-refractivity contribution in [1.82, 2.24) is 0 Å². The van der Waals surface area contributed by atoms with E-state index in [1.807, 2.05) is 6.08 Å². The van der Waals surface area contributed by atoms with Gasteiger partial charge < -0.3 is 4.42 Å². The minimum absolute atomic E-state index is 0.453. The maximum atomic E-state index is 6.00. The molecule has 0 radical (unpaired) electrons. The van der Waals surface area contributed by atoms with Crippen LogP contribution in [0, 0.1) is 0 Å². The van der Waals surface area contributed by atoms with Gasteiger partial charge in [-0.3, -0.25) is 0 Å². The Labute approximate surface area is 167 Å². The van der Waals surface area contributed by atoms with Gasteiger partial charge in [0.25, 0.3) is 0 Å². The standard InChI is InChI=1S/C26H23BO/c1-5-23-24-13-12-19(17-26(24)28-25(23)6-2)21-14-20(15-22(16-21)27(3)4)18-10-8-7-9-11-18/h5-17H,1-2H2,3-4H3. The van der Waals surface area contributed by atoms with Gasteiger partial charge in [0, 0.05) is 10.9 Å². The van der Waals surface area contributed by atoms with Gasteiger partial charge in [-0.25, -0.2) is 0 Å². The van der Waals surface area contributed by atoms with Crippen LogP contribution in [0.15, 0.2) is 84.3 Å². The Balaban J connectivity index is 1.89. The zero-order chi connectivity index (χ0) is 19.7. The minimum Gasteiger partial charge on any atom is -0.456 e. The van der Waals surface area contributed by atoms with Crippen LogP contribution in [0.4, 0.5) is 0 Å². The zero-order valence-electron chi connectivity index (χ0n) is 16.4. The van der Waals surface area contributed by atoms with Crippen molar-refractivity contribution in [1.29, 1.82) is 0 Å². The molecule has 0 bridgehead atoms. The first-order chi connectivity index (χ1) is 13.6. The first kappa shape index (κ1) is 18.1. The van der Waals surface area contributed by atoms with Crippen LogP contribution in [-0.4, -0.2) is 6.71 Å². The lowest BCUT2D eigenvalue weighted by Gasteiger charge is -2.12. The lowest BCUT2D eigenvalue weighted by Crippen LogP contribution is -2.22. The Morgan fingerprint density at radius 2 is 1.46 bits per heavy atom. The molecule has 28 heavy (non-hydrogen) atoms. The van der Waals surface area contributed by atoms with Gasteiger partial charge in [-0.15, -0.1) is 0 Å². The van der Waals surface area contributed by atoms with Crippen LogP contribution in [0.2, 0.25) is 13.6 Å². The van der Waals surface area contributed by atoms with Crippen molar-refractivity contribution >= 4 is 35.3 Å². The lowest BCUT2D eigenvalue weighted by molar-refractivity contribution is 0.603. The largest absolute Gasteiger partial charge is 0.456 e. The van der Waals surface area contributed by atoms with Crippen molar-refractivity contribution < 1.29 is 4.42 Å². The molecule has 1 nitrogen and oxygen atoms in total. The normalized spacial score (nSPS) is 10.8. The predicted molar refractivity (Wildman–Crippen MR) is 124 cm³/mol. The van der Waals surface area contributed by atoms with E-state index < -0.39 is 0 Å². The maximum absolute atomic E-state index is 6.00. The van der Waals surface area contributed by atoms with Crippen LogP contribution < -0.4 is 5.46 Å². The van der Waals surface area contributed by atoms with Crippen molar-refractivity contribution in [2.45, 2.75) is 13.6 Å². The van der Waals surface area contributed by atoms with Gasteiger partial charge in [0.1, 0.15) is 11.3 Å². The average Bonchev–Trinajstić information content (AvgIpc) is 3.10. The summed E-state index contributed by atoms with van der Waals surface area (Å²) in [6.45, 7) is 12.7. The number of furan rings is 1. The highest BCUT2D eigenvalue weighted by atomic mass is 16.3. The smallest absolute Gasteiger partial charge is 0.169 e. The van der Waals surface area contributed by atoms with Crippen LogP contribution in [0.1, 0.15) is 11.3 Å². The molecule has 0 fully saturated rings. The third-order valence-corrected chi connectivity index (χ3v) is 5.21. The van der Waals surface area contributed by atoms with E-state index in [2.05, 4.69) is 93.5 Å². The van der Waals surface area contributed by atoms with Crippen LogP contribution in [-0.2, 0) is 0 Å². The molecule has 0 atom stereocenters. The quantitative estimate of drug-likeness (QED) is 0.348. The van der Waals surface area contributed by atoms with E-state index in [0.717, 1.165) is 27.9 Å². The van der Waals surface area contributed by atoms with E-state index in [1.165, 1.54) is 22.2 Å². The second kappa shape index (κ2) is 7.40. The fourth-order valence-corrected chi connectivity index (χ4v) is 3.63. The number of rotatable bonds is 5. The molecule has 0 aliphatic rings. The van der Waals surface area contributed by atoms with E-state index in [-0.39, 0.29) is 0 Å². The summed E-state index contributed by atoms with van der Waals surface area (Å²) in [6, 6.07) is 23.8. The van der Waals surface area contributed by atoms with Crippen LogP contribution in [0.5, 0.6) is 0 Å². The van der Waals surface area contributed by atoms with Gasteiger partial charge >= 0.3 is 0 Å². The lowest BCUT2D eigenvalue weighted by atomic mass is 9.49. The van der Waals surface area contributed by atoms with Crippen LogP contribution >= 0.6 is 0 Å². The third-order valence-electron chi connectivity index (χ3n) is 5.21. The molecule has 0 saturated carbocycles. The molecule has 1 aromatic heterocycles. The van der Waals surface area contributed by atoms with E-state index in [4.69, 9.17) is 4.42 Å². The molecule has 0 unspecified atom stereocenters. The summed E-state index contributed by atoms with van der Waals surface area (Å²) < 4.78 is 6.00. The summed E-state index contributed by atoms with van der Waals surface area (Å²) >= 11 is 0. The number of fused-ring (bicyclic) bond motifs is 1. The Hall–Kier alpha value is -3.26. The van der Waals surface area contributed by atoms with E-state index in [1.54, 1.807) is 6.08 Å². The summed E-state index contributed by atoms with van der Waals surface area (Å²) in [5.41, 5.74) is 7.99. The molecule has 4 aromatic rings. The zero-order valence-corrected chi connectivity index (χ0v) is 16.4. The molecule has 4 rings (SSSR count). The number of benzene rings is 3. The predicted octanol–water partition coefficient (Wildman–Crippen LogP) is 7.01. The van der Waals surface area contributed by atoms with Gasteiger partial charge in [0.2, 0.25) is 0 Å². The molecule has 2 heteroatoms. The van der Waals surface area contributed by atoms with Gasteiger partial charge in [0.15, 0.2) is 6.71 Å². The fourth-order valence-electron chi connectivity index (χ4n) is 3.63. The summed E-state index contributed by atoms with van der Waals surface area (Å²) in [7, 11) is 0. The number of hydrogen-bond acceptors (Lipinski definition) is 1. The Bertz CT molecular complexity index is 1170. The first-order valence-corrected chi connectivity index (χ1v) is 9.63. The van der Waals surface area contributed by atoms with E-state index >= 15 is 0 Å². The van der Waals surface area contributed by atoms with Gasteiger partial charge in [0.05, 0.1) is 0 Å². The van der Waals surface area contributed by atoms with Gasteiger partial charge in [-0.05, 0) is 46.5 Å². The monoisotopic (exact) mass is 362 g/mol. The van der Waals surface area contributed by atoms with Crippen molar-refractivity contribution in [3.63, 3.8) is 0 Å². The fraction of sp³-hybridized carbons (Fsp3) is 0.0769. The molecule has 0 amide bonds. The molecular weight excluding hydrogens is 339 g/mol. The first-order valence-electron chi connectivity index (χ1n) is 9.63. The second-order valence-corrected chi connectivity index (χ2v) is 7.36. The Morgan fingerprint density at radius 1 is 0.750 bits per heavy atom. The summed E-state index contributed by atoms with van der Waals surface area (Å²) in [5.74, 6) is 0.767. The molecule has 3 aromatic carbocycles. The van der Waals surface area contributed by atoms with Crippen molar-refractivity contribution in [2.75, 3.05) is 0 Å². The summed E-state index contributed by atoms with van der Waals surface area (Å²) in [5, 5.41) is 1.07. The highest BCUT2D eigenvalue weighted by Crippen LogP contribution is 2.33. The SMILES string of the molecule is C=Cc1oc2cc(-c3cc(B(C)C)cc(-c4ccccc4)c3)ccc2c1C=C. The molecule has 0 N–H and O–H groups in total. The van der Waals surface area contributed by atoms with Gasteiger partial charge in [-0.1, -0.05) is 86.9 Å². The molecular formula is C26H23BO. The van der Waals surface area contributed by atoms with Crippen molar-refractivity contribution in [2.24, 2.45) is 0 Å². The summed E-state index contributed by atoms with van der Waals surface area (Å²) in [6.07, 6.45) is 3.57. The Morgan fingerprint density at radius 3 is 2.11 bits per heavy atom. The highest BCUT2D eigenvalue weighted by molar-refractivity contribution is 6.70. The maximum Gasteiger partial charge on any atom is 0.169 e. The molecule has 136 valence electrons. The third kappa shape index (κ3) is 3.23. The average molecular weight is 362 g/mol. The molecule has 0 spiro atoms. The minimum atomic E-state index is 0.453.